The van der Waals surface area contributed by atoms with E-state index in [0.717, 1.165) is 5.56 Å². The van der Waals surface area contributed by atoms with Crippen LogP contribution in [0, 0.1) is 0 Å². The largest absolute Gasteiger partial charge is 0.508 e. The second-order valence-corrected chi connectivity index (χ2v) is 4.29. The summed E-state index contributed by atoms with van der Waals surface area (Å²) < 4.78 is 0. The van der Waals surface area contributed by atoms with Crippen LogP contribution in [0.25, 0.3) is 0 Å². The molecule has 0 spiro atoms. The number of phenolic OH excluding ortho intramolecular Hbond substituents is 1. The summed E-state index contributed by atoms with van der Waals surface area (Å²) in [6, 6.07) is 4.92. The zero-order valence-electron chi connectivity index (χ0n) is 8.25. The van der Waals surface area contributed by atoms with Gasteiger partial charge in [0.25, 0.3) is 0 Å². The standard InChI is InChI=1S/C10H14ClNO2/c1-10(2,6-14-12)8-5-7(11)3-4-9(8)13/h3-5,13H,6,12H2,1-2H3. The minimum Gasteiger partial charge on any atom is -0.508 e. The summed E-state index contributed by atoms with van der Waals surface area (Å²) in [6.07, 6.45) is 0. The van der Waals surface area contributed by atoms with Crippen molar-refractivity contribution in [2.24, 2.45) is 5.90 Å². The van der Waals surface area contributed by atoms with Crippen LogP contribution in [0.15, 0.2) is 18.2 Å². The Hall–Kier alpha value is -0.770. The number of hydrogen-bond acceptors (Lipinski definition) is 3. The normalized spacial score (nSPS) is 11.7. The maximum Gasteiger partial charge on any atom is 0.119 e. The van der Waals surface area contributed by atoms with E-state index in [-0.39, 0.29) is 11.2 Å². The minimum atomic E-state index is -0.357. The molecule has 0 atom stereocenters. The van der Waals surface area contributed by atoms with E-state index >= 15 is 0 Å². The Morgan fingerprint density at radius 2 is 2.14 bits per heavy atom. The number of nitrogens with two attached hydrogens (primary N) is 1. The van der Waals surface area contributed by atoms with Gasteiger partial charge in [-0.05, 0) is 18.2 Å². The van der Waals surface area contributed by atoms with E-state index in [1.807, 2.05) is 13.8 Å². The predicted molar refractivity (Wildman–Crippen MR) is 56.3 cm³/mol. The molecule has 0 radical (unpaired) electrons. The van der Waals surface area contributed by atoms with Gasteiger partial charge in [0.2, 0.25) is 0 Å². The van der Waals surface area contributed by atoms with E-state index in [4.69, 9.17) is 17.5 Å². The third kappa shape index (κ3) is 2.38. The molecule has 0 heterocycles. The maximum atomic E-state index is 9.64. The van der Waals surface area contributed by atoms with E-state index in [0.29, 0.717) is 11.6 Å². The molecule has 1 rings (SSSR count). The second-order valence-electron chi connectivity index (χ2n) is 3.86. The Labute approximate surface area is 88.4 Å². The van der Waals surface area contributed by atoms with Gasteiger partial charge in [0.05, 0.1) is 6.61 Å². The Morgan fingerprint density at radius 1 is 1.50 bits per heavy atom. The molecule has 0 amide bonds. The van der Waals surface area contributed by atoms with E-state index in [1.165, 1.54) is 0 Å². The number of phenols is 1. The van der Waals surface area contributed by atoms with E-state index in [1.54, 1.807) is 18.2 Å². The SMILES string of the molecule is CC(C)(CON)c1cc(Cl)ccc1O. The van der Waals surface area contributed by atoms with Gasteiger partial charge in [-0.3, -0.25) is 0 Å². The van der Waals surface area contributed by atoms with Crippen LogP contribution >= 0.6 is 11.6 Å². The summed E-state index contributed by atoms with van der Waals surface area (Å²) in [5.74, 6) is 5.23. The third-order valence-corrected chi connectivity index (χ3v) is 2.37. The van der Waals surface area contributed by atoms with Gasteiger partial charge in [-0.1, -0.05) is 25.4 Å². The molecule has 4 heteroatoms. The first-order valence-corrected chi connectivity index (χ1v) is 4.66. The van der Waals surface area contributed by atoms with Gasteiger partial charge in [-0.15, -0.1) is 0 Å². The molecular formula is C10H14ClNO2. The molecule has 1 aromatic carbocycles. The second kappa shape index (κ2) is 4.17. The smallest absolute Gasteiger partial charge is 0.119 e. The van der Waals surface area contributed by atoms with Crippen molar-refractivity contribution in [2.75, 3.05) is 6.61 Å². The first-order chi connectivity index (χ1) is 6.47. The predicted octanol–water partition coefficient (Wildman–Crippen LogP) is 2.21. The van der Waals surface area contributed by atoms with Crippen molar-refractivity contribution >= 4 is 11.6 Å². The van der Waals surface area contributed by atoms with Gasteiger partial charge in [0.1, 0.15) is 5.75 Å². The Morgan fingerprint density at radius 3 is 2.71 bits per heavy atom. The lowest BCUT2D eigenvalue weighted by molar-refractivity contribution is 0.0955. The molecule has 3 nitrogen and oxygen atoms in total. The highest BCUT2D eigenvalue weighted by molar-refractivity contribution is 6.30. The van der Waals surface area contributed by atoms with Gasteiger partial charge in [0.15, 0.2) is 0 Å². The lowest BCUT2D eigenvalue weighted by Crippen LogP contribution is -2.26. The number of aromatic hydroxyl groups is 1. The molecule has 0 saturated carbocycles. The molecule has 0 bridgehead atoms. The average Bonchev–Trinajstić information content (AvgIpc) is 2.09. The van der Waals surface area contributed by atoms with Crippen LogP contribution in [-0.4, -0.2) is 11.7 Å². The molecule has 0 aliphatic rings. The van der Waals surface area contributed by atoms with Crippen LogP contribution in [-0.2, 0) is 10.3 Å². The van der Waals surface area contributed by atoms with Gasteiger partial charge >= 0.3 is 0 Å². The number of halogens is 1. The summed E-state index contributed by atoms with van der Waals surface area (Å²) in [4.78, 5) is 4.60. The summed E-state index contributed by atoms with van der Waals surface area (Å²) in [6.45, 7) is 4.16. The Bertz CT molecular complexity index is 326. The highest BCUT2D eigenvalue weighted by Crippen LogP contribution is 2.32. The van der Waals surface area contributed by atoms with Gasteiger partial charge in [-0.25, -0.2) is 5.90 Å². The molecule has 14 heavy (non-hydrogen) atoms. The highest BCUT2D eigenvalue weighted by Gasteiger charge is 2.24. The fraction of sp³-hybridized carbons (Fsp3) is 0.400. The molecule has 0 aliphatic carbocycles. The lowest BCUT2D eigenvalue weighted by atomic mass is 9.85. The number of benzene rings is 1. The molecule has 3 N–H and O–H groups in total. The number of hydrogen-bond donors (Lipinski definition) is 2. The first-order valence-electron chi connectivity index (χ1n) is 4.28. The summed E-state index contributed by atoms with van der Waals surface area (Å²) in [5.41, 5.74) is 0.374. The molecule has 78 valence electrons. The van der Waals surface area contributed by atoms with Gasteiger partial charge in [-0.2, -0.15) is 0 Å². The van der Waals surface area contributed by atoms with Crippen LogP contribution in [0.2, 0.25) is 5.02 Å². The van der Waals surface area contributed by atoms with Crippen LogP contribution in [0.3, 0.4) is 0 Å². The minimum absolute atomic E-state index is 0.205. The van der Waals surface area contributed by atoms with Gasteiger partial charge in [0, 0.05) is 16.0 Å². The van der Waals surface area contributed by atoms with Crippen molar-refractivity contribution in [1.82, 2.24) is 0 Å². The zero-order chi connectivity index (χ0) is 10.8. The number of rotatable bonds is 3. The quantitative estimate of drug-likeness (QED) is 0.761. The summed E-state index contributed by atoms with van der Waals surface area (Å²) in [7, 11) is 0. The van der Waals surface area contributed by atoms with E-state index in [9.17, 15) is 5.11 Å². The molecule has 0 fully saturated rings. The Balaban J connectivity index is 3.10. The van der Waals surface area contributed by atoms with Crippen molar-refractivity contribution in [2.45, 2.75) is 19.3 Å². The molecule has 0 saturated heterocycles. The summed E-state index contributed by atoms with van der Waals surface area (Å²) in [5, 5.41) is 10.2. The third-order valence-electron chi connectivity index (χ3n) is 2.13. The van der Waals surface area contributed by atoms with Crippen molar-refractivity contribution in [3.8, 4) is 5.75 Å². The molecular weight excluding hydrogens is 202 g/mol. The van der Waals surface area contributed by atoms with Crippen LogP contribution < -0.4 is 5.90 Å². The van der Waals surface area contributed by atoms with Crippen LogP contribution in [0.4, 0.5) is 0 Å². The van der Waals surface area contributed by atoms with Crippen LogP contribution in [0.1, 0.15) is 19.4 Å². The molecule has 1 aromatic rings. The van der Waals surface area contributed by atoms with Gasteiger partial charge < -0.3 is 9.94 Å². The maximum absolute atomic E-state index is 9.64. The molecule has 0 unspecified atom stereocenters. The zero-order valence-corrected chi connectivity index (χ0v) is 9.01. The monoisotopic (exact) mass is 215 g/mol. The van der Waals surface area contributed by atoms with E-state index < -0.39 is 0 Å². The fourth-order valence-electron chi connectivity index (χ4n) is 1.34. The molecule has 0 aliphatic heterocycles. The highest BCUT2D eigenvalue weighted by atomic mass is 35.5. The van der Waals surface area contributed by atoms with Crippen molar-refractivity contribution < 1.29 is 9.94 Å². The van der Waals surface area contributed by atoms with Crippen LogP contribution in [0.5, 0.6) is 5.75 Å². The van der Waals surface area contributed by atoms with Crippen molar-refractivity contribution in [1.29, 1.82) is 0 Å². The van der Waals surface area contributed by atoms with E-state index in [2.05, 4.69) is 4.84 Å². The van der Waals surface area contributed by atoms with Crippen molar-refractivity contribution in [3.05, 3.63) is 28.8 Å². The Kier molecular flexibility index (Phi) is 3.37. The average molecular weight is 216 g/mol. The first kappa shape index (κ1) is 11.3. The lowest BCUT2D eigenvalue weighted by Gasteiger charge is -2.24. The summed E-state index contributed by atoms with van der Waals surface area (Å²) >= 11 is 5.84. The van der Waals surface area contributed by atoms with Crippen molar-refractivity contribution in [3.63, 3.8) is 0 Å². The fourth-order valence-corrected chi connectivity index (χ4v) is 1.51. The topological polar surface area (TPSA) is 55.5 Å². The molecule has 0 aromatic heterocycles.